The molecule has 1 amide bonds. The summed E-state index contributed by atoms with van der Waals surface area (Å²) in [6.07, 6.45) is -1.94. The highest BCUT2D eigenvalue weighted by atomic mass is 19.4. The van der Waals surface area contributed by atoms with Gasteiger partial charge in [-0.2, -0.15) is 13.2 Å². The maximum atomic E-state index is 12.7. The van der Waals surface area contributed by atoms with Crippen LogP contribution in [0.2, 0.25) is 0 Å². The Hall–Kier alpha value is -2.36. The standard InChI is InChI=1S/C18H23F3N4O3/c19-18(20,21)14-3-4-15(16(11-14)25(27)28)22-6-5-17(26)24-9-7-23(8-10-24)12-13-1-2-13/h3-4,11,13,22H,1-2,5-10,12H2. The molecule has 1 N–H and O–H groups in total. The lowest BCUT2D eigenvalue weighted by molar-refractivity contribution is -0.384. The molecule has 2 fully saturated rings. The molecule has 3 rings (SSSR count). The first-order valence-corrected chi connectivity index (χ1v) is 9.33. The first-order chi connectivity index (χ1) is 13.2. The van der Waals surface area contributed by atoms with E-state index in [1.165, 1.54) is 12.8 Å². The smallest absolute Gasteiger partial charge is 0.379 e. The van der Waals surface area contributed by atoms with Crippen LogP contribution in [-0.2, 0) is 11.0 Å². The van der Waals surface area contributed by atoms with Crippen LogP contribution >= 0.6 is 0 Å². The van der Waals surface area contributed by atoms with Crippen LogP contribution in [0.15, 0.2) is 18.2 Å². The van der Waals surface area contributed by atoms with E-state index < -0.39 is 22.4 Å². The Bertz CT molecular complexity index is 729. The van der Waals surface area contributed by atoms with E-state index >= 15 is 0 Å². The summed E-state index contributed by atoms with van der Waals surface area (Å²) in [5.41, 5.74) is -1.76. The van der Waals surface area contributed by atoms with Crippen LogP contribution in [-0.4, -0.2) is 59.9 Å². The van der Waals surface area contributed by atoms with Gasteiger partial charge in [-0.25, -0.2) is 0 Å². The van der Waals surface area contributed by atoms with Crippen molar-refractivity contribution >= 4 is 17.3 Å². The summed E-state index contributed by atoms with van der Waals surface area (Å²) < 4.78 is 38.2. The van der Waals surface area contributed by atoms with Crippen molar-refractivity contribution in [2.75, 3.05) is 44.6 Å². The molecular formula is C18H23F3N4O3. The summed E-state index contributed by atoms with van der Waals surface area (Å²) >= 11 is 0. The molecule has 7 nitrogen and oxygen atoms in total. The minimum Gasteiger partial charge on any atom is -0.379 e. The van der Waals surface area contributed by atoms with Crippen LogP contribution in [0.4, 0.5) is 24.5 Å². The Balaban J connectivity index is 1.49. The average Bonchev–Trinajstić information content (AvgIpc) is 3.45. The van der Waals surface area contributed by atoms with Crippen molar-refractivity contribution in [2.45, 2.75) is 25.4 Å². The monoisotopic (exact) mass is 400 g/mol. The van der Waals surface area contributed by atoms with Gasteiger partial charge in [0, 0.05) is 51.8 Å². The molecule has 2 aliphatic rings. The fourth-order valence-corrected chi connectivity index (χ4v) is 3.32. The minimum absolute atomic E-state index is 0.0277. The number of amides is 1. The Labute approximate surface area is 160 Å². The van der Waals surface area contributed by atoms with Crippen LogP contribution in [0.25, 0.3) is 0 Å². The second-order valence-corrected chi connectivity index (χ2v) is 7.29. The number of nitrogens with zero attached hydrogens (tertiary/aromatic N) is 3. The van der Waals surface area contributed by atoms with Crippen molar-refractivity contribution in [2.24, 2.45) is 5.92 Å². The van der Waals surface area contributed by atoms with E-state index in [9.17, 15) is 28.1 Å². The van der Waals surface area contributed by atoms with Crippen molar-refractivity contribution in [3.8, 4) is 0 Å². The summed E-state index contributed by atoms with van der Waals surface area (Å²) in [4.78, 5) is 26.7. The fourth-order valence-electron chi connectivity index (χ4n) is 3.32. The SMILES string of the molecule is O=C(CCNc1ccc(C(F)(F)F)cc1[N+](=O)[O-])N1CCN(CC2CC2)CC1. The highest BCUT2D eigenvalue weighted by Crippen LogP contribution is 2.35. The van der Waals surface area contributed by atoms with Crippen molar-refractivity contribution < 1.29 is 22.9 Å². The Morgan fingerprint density at radius 2 is 1.89 bits per heavy atom. The molecule has 0 spiro atoms. The van der Waals surface area contributed by atoms with Crippen molar-refractivity contribution in [3.05, 3.63) is 33.9 Å². The molecule has 10 heteroatoms. The third-order valence-electron chi connectivity index (χ3n) is 5.11. The molecule has 0 radical (unpaired) electrons. The second kappa shape index (κ2) is 8.34. The topological polar surface area (TPSA) is 78.7 Å². The Morgan fingerprint density at radius 1 is 1.21 bits per heavy atom. The molecule has 1 saturated heterocycles. The molecule has 1 heterocycles. The third kappa shape index (κ3) is 5.34. The summed E-state index contributed by atoms with van der Waals surface area (Å²) in [6.45, 7) is 4.23. The molecule has 1 aliphatic carbocycles. The molecule has 1 saturated carbocycles. The van der Waals surface area contributed by atoms with Gasteiger partial charge >= 0.3 is 6.18 Å². The molecule has 154 valence electrons. The predicted octanol–water partition coefficient (Wildman–Crippen LogP) is 2.97. The molecule has 1 aromatic rings. The van der Waals surface area contributed by atoms with Gasteiger partial charge in [0.2, 0.25) is 5.91 Å². The molecule has 28 heavy (non-hydrogen) atoms. The lowest BCUT2D eigenvalue weighted by Crippen LogP contribution is -2.49. The van der Waals surface area contributed by atoms with Gasteiger partial charge in [0.1, 0.15) is 5.69 Å². The zero-order valence-corrected chi connectivity index (χ0v) is 15.4. The summed E-state index contributed by atoms with van der Waals surface area (Å²) in [7, 11) is 0. The van der Waals surface area contributed by atoms with Crippen LogP contribution in [0.1, 0.15) is 24.8 Å². The number of nitro benzene ring substituents is 1. The first-order valence-electron chi connectivity index (χ1n) is 9.33. The summed E-state index contributed by atoms with van der Waals surface area (Å²) in [6, 6.07) is 2.32. The van der Waals surface area contributed by atoms with E-state index in [2.05, 4.69) is 10.2 Å². The van der Waals surface area contributed by atoms with Crippen molar-refractivity contribution in [3.63, 3.8) is 0 Å². The normalized spacial score (nSPS) is 18.2. The quantitative estimate of drug-likeness (QED) is 0.562. The lowest BCUT2D eigenvalue weighted by atomic mass is 10.1. The molecule has 0 atom stereocenters. The Morgan fingerprint density at radius 3 is 2.46 bits per heavy atom. The number of benzene rings is 1. The van der Waals surface area contributed by atoms with Crippen LogP contribution in [0.5, 0.6) is 0 Å². The highest BCUT2D eigenvalue weighted by Gasteiger charge is 2.33. The Kier molecular flexibility index (Phi) is 6.07. The van der Waals surface area contributed by atoms with Gasteiger partial charge in [-0.05, 0) is 30.9 Å². The first kappa shape index (κ1) is 20.4. The fraction of sp³-hybridized carbons (Fsp3) is 0.611. The number of alkyl halides is 3. The molecule has 1 aliphatic heterocycles. The van der Waals surface area contributed by atoms with Gasteiger partial charge in [-0.15, -0.1) is 0 Å². The maximum absolute atomic E-state index is 12.7. The predicted molar refractivity (Wildman–Crippen MR) is 96.9 cm³/mol. The maximum Gasteiger partial charge on any atom is 0.416 e. The number of hydrogen-bond donors (Lipinski definition) is 1. The van der Waals surface area contributed by atoms with Crippen molar-refractivity contribution in [1.29, 1.82) is 0 Å². The minimum atomic E-state index is -4.65. The van der Waals surface area contributed by atoms with Gasteiger partial charge < -0.3 is 10.2 Å². The van der Waals surface area contributed by atoms with E-state index in [1.54, 1.807) is 4.90 Å². The summed E-state index contributed by atoms with van der Waals surface area (Å²) in [5.74, 6) is 0.749. The van der Waals surface area contributed by atoms with Crippen LogP contribution < -0.4 is 5.32 Å². The number of halogens is 3. The molecule has 0 aromatic heterocycles. The number of carbonyl (C=O) groups is 1. The number of hydrogen-bond acceptors (Lipinski definition) is 5. The second-order valence-electron chi connectivity index (χ2n) is 7.29. The van der Waals surface area contributed by atoms with Gasteiger partial charge in [0.05, 0.1) is 10.5 Å². The summed E-state index contributed by atoms with van der Waals surface area (Å²) in [5, 5.41) is 13.8. The van der Waals surface area contributed by atoms with Crippen molar-refractivity contribution in [1.82, 2.24) is 9.80 Å². The van der Waals surface area contributed by atoms with E-state index in [1.807, 2.05) is 0 Å². The van der Waals surface area contributed by atoms with E-state index in [4.69, 9.17) is 0 Å². The molecular weight excluding hydrogens is 377 g/mol. The lowest BCUT2D eigenvalue weighted by Gasteiger charge is -2.34. The number of rotatable bonds is 7. The van der Waals surface area contributed by atoms with Gasteiger partial charge in [-0.3, -0.25) is 19.8 Å². The number of carbonyl (C=O) groups excluding carboxylic acids is 1. The number of nitrogens with one attached hydrogen (secondary N) is 1. The number of anilines is 1. The zero-order valence-electron chi connectivity index (χ0n) is 15.4. The molecule has 0 bridgehead atoms. The largest absolute Gasteiger partial charge is 0.416 e. The van der Waals surface area contributed by atoms with E-state index in [0.717, 1.165) is 37.7 Å². The third-order valence-corrected chi connectivity index (χ3v) is 5.11. The van der Waals surface area contributed by atoms with E-state index in [-0.39, 0.29) is 24.6 Å². The van der Waals surface area contributed by atoms with Gasteiger partial charge in [-0.1, -0.05) is 0 Å². The number of piperazine rings is 1. The van der Waals surface area contributed by atoms with Gasteiger partial charge in [0.25, 0.3) is 5.69 Å². The zero-order chi connectivity index (χ0) is 20.3. The number of nitro groups is 1. The highest BCUT2D eigenvalue weighted by molar-refractivity contribution is 5.77. The average molecular weight is 400 g/mol. The molecule has 1 aromatic carbocycles. The van der Waals surface area contributed by atoms with Gasteiger partial charge in [0.15, 0.2) is 0 Å². The van der Waals surface area contributed by atoms with Crippen LogP contribution in [0.3, 0.4) is 0 Å². The van der Waals surface area contributed by atoms with E-state index in [0.29, 0.717) is 19.2 Å². The molecule has 0 unspecified atom stereocenters. The van der Waals surface area contributed by atoms with Crippen LogP contribution in [0, 0.1) is 16.0 Å².